The van der Waals surface area contributed by atoms with Crippen molar-refractivity contribution in [3.05, 3.63) is 181 Å². The number of para-hydroxylation sites is 2. The minimum Gasteiger partial charge on any atom is -0.512 e. The third kappa shape index (κ3) is 11.8. The number of aromatic nitrogens is 2. The normalized spacial score (nSPS) is 11.6. The number of furan rings is 2. The van der Waals surface area contributed by atoms with Crippen LogP contribution in [0.2, 0.25) is 0 Å². The minimum atomic E-state index is 0. The molecule has 0 aliphatic rings. The van der Waals surface area contributed by atoms with Crippen LogP contribution in [-0.4, -0.2) is 20.9 Å². The Bertz CT molecular complexity index is 3070. The van der Waals surface area contributed by atoms with Crippen molar-refractivity contribution in [3.63, 3.8) is 0 Å². The predicted octanol–water partition coefficient (Wildman–Crippen LogP) is 15.7. The molecule has 0 spiro atoms. The Morgan fingerprint density at radius 2 is 1.20 bits per heavy atom. The second-order valence-corrected chi connectivity index (χ2v) is 18.0. The average Bonchev–Trinajstić information content (AvgIpc) is 3.85. The van der Waals surface area contributed by atoms with Crippen LogP contribution in [0, 0.1) is 24.0 Å². The monoisotopic (exact) mass is 1040 g/mol. The molecule has 6 nitrogen and oxygen atoms in total. The second kappa shape index (κ2) is 21.5. The van der Waals surface area contributed by atoms with Crippen molar-refractivity contribution in [1.82, 2.24) is 9.97 Å². The van der Waals surface area contributed by atoms with Crippen LogP contribution in [0.25, 0.3) is 77.5 Å². The second-order valence-electron chi connectivity index (χ2n) is 18.0. The number of carbonyl (C=O) groups excluding carboxylic acids is 1. The number of carbonyl (C=O) groups is 1. The molecule has 4 heterocycles. The number of aliphatic hydroxyl groups excluding tert-OH is 1. The summed E-state index contributed by atoms with van der Waals surface area (Å²) in [7, 11) is 0. The molecule has 0 aliphatic carbocycles. The van der Waals surface area contributed by atoms with E-state index in [1.165, 1.54) is 22.8 Å². The predicted molar refractivity (Wildman–Crippen MR) is 264 cm³/mol. The van der Waals surface area contributed by atoms with Gasteiger partial charge in [-0.2, -0.15) is 0 Å². The van der Waals surface area contributed by atoms with E-state index in [9.17, 15) is 9.90 Å². The molecule has 0 unspecified atom stereocenters. The van der Waals surface area contributed by atoms with Gasteiger partial charge in [-0.3, -0.25) is 4.79 Å². The van der Waals surface area contributed by atoms with Crippen LogP contribution in [0.3, 0.4) is 0 Å². The molecule has 7 heteroatoms. The van der Waals surface area contributed by atoms with Gasteiger partial charge in [0, 0.05) is 62.2 Å². The fourth-order valence-corrected chi connectivity index (χ4v) is 7.70. The van der Waals surface area contributed by atoms with Gasteiger partial charge in [0.05, 0.1) is 16.9 Å². The molecule has 9 aromatic rings. The molecule has 0 atom stereocenters. The molecule has 0 saturated carbocycles. The molecular weight excluding hydrogens is 981 g/mol. The summed E-state index contributed by atoms with van der Waals surface area (Å²) in [6.45, 7) is 18.5. The van der Waals surface area contributed by atoms with E-state index in [0.29, 0.717) is 24.7 Å². The van der Waals surface area contributed by atoms with Crippen molar-refractivity contribution in [2.75, 3.05) is 0 Å². The molecule has 5 aromatic carbocycles. The van der Waals surface area contributed by atoms with Crippen LogP contribution in [0.4, 0.5) is 0 Å². The summed E-state index contributed by atoms with van der Waals surface area (Å²) in [5, 5.41) is 13.8. The molecule has 0 amide bonds. The number of hydrogen-bond donors (Lipinski definition) is 1. The van der Waals surface area contributed by atoms with Gasteiger partial charge in [0.15, 0.2) is 5.78 Å². The van der Waals surface area contributed by atoms with Crippen molar-refractivity contribution < 1.29 is 38.8 Å². The van der Waals surface area contributed by atoms with E-state index in [0.717, 1.165) is 78.4 Å². The number of fused-ring (bicyclic) bond motifs is 6. The molecule has 9 rings (SSSR count). The van der Waals surface area contributed by atoms with Crippen LogP contribution in [0.5, 0.6) is 0 Å². The maximum Gasteiger partial charge on any atom is 0.159 e. The van der Waals surface area contributed by atoms with Crippen molar-refractivity contribution in [1.29, 1.82) is 0 Å². The van der Waals surface area contributed by atoms with Crippen molar-refractivity contribution in [2.45, 2.75) is 73.1 Å². The zero-order valence-electron chi connectivity index (χ0n) is 38.2. The first-order valence-corrected chi connectivity index (χ1v) is 22.0. The van der Waals surface area contributed by atoms with Crippen molar-refractivity contribution >= 4 is 49.7 Å². The summed E-state index contributed by atoms with van der Waals surface area (Å²) in [4.78, 5) is 20.3. The maximum atomic E-state index is 11.2. The summed E-state index contributed by atoms with van der Waals surface area (Å²) in [6, 6.07) is 47.8. The van der Waals surface area contributed by atoms with Gasteiger partial charge in [-0.15, -0.1) is 43.0 Å². The molecular formula is C58H56IrN2O4-2. The Hall–Kier alpha value is -6.40. The Morgan fingerprint density at radius 3 is 1.72 bits per heavy atom. The van der Waals surface area contributed by atoms with Gasteiger partial charge in [0.25, 0.3) is 0 Å². The smallest absolute Gasteiger partial charge is 0.159 e. The van der Waals surface area contributed by atoms with Gasteiger partial charge in [0.2, 0.25) is 0 Å². The summed E-state index contributed by atoms with van der Waals surface area (Å²) in [5.41, 5.74) is 12.0. The molecule has 0 aliphatic heterocycles. The van der Waals surface area contributed by atoms with Crippen LogP contribution < -0.4 is 0 Å². The molecule has 4 aromatic heterocycles. The molecule has 0 bridgehead atoms. The number of ketones is 1. The average molecular weight is 1040 g/mol. The first-order valence-electron chi connectivity index (χ1n) is 22.0. The van der Waals surface area contributed by atoms with Gasteiger partial charge < -0.3 is 23.9 Å². The topological polar surface area (TPSA) is 89.4 Å². The van der Waals surface area contributed by atoms with Gasteiger partial charge in [-0.05, 0) is 81.6 Å². The van der Waals surface area contributed by atoms with Gasteiger partial charge in [0.1, 0.15) is 11.2 Å². The summed E-state index contributed by atoms with van der Waals surface area (Å²) < 4.78 is 12.2. The first kappa shape index (κ1) is 48.1. The number of pyridine rings is 2. The third-order valence-electron chi connectivity index (χ3n) is 10.8. The Labute approximate surface area is 396 Å². The standard InChI is InChI=1S/C27H22NO.C20H14NO.C11H20O2.Ir/c1-27(2,3)20-13-11-18(12-14-20)19-15-16-28-24(17-19)23-9-6-8-22-21-7-4-5-10-25(21)29-26(22)23;1-2-6-14-11-12-21-18(13-14)17-9-5-8-16-15-7-3-4-10-19(15)22-20(16)17;1-8(2)5-10(12)7-11(13)6-9(3)4;/h4-8,10-17H,1-3H3;2-5,7-8,10-13H,1,6H2;7-9,12H,5-6H2,1-4H3;/q2*-1;;/b;;10-7-;. The molecule has 1 N–H and O–H groups in total. The zero-order chi connectivity index (χ0) is 45.4. The van der Waals surface area contributed by atoms with E-state index >= 15 is 0 Å². The number of allylic oxidation sites excluding steroid dienone is 3. The SMILES string of the molecule is C=CCc1ccnc(-c2[c-]ccc3c2oc2ccccc23)c1.CC(C)(C)c1ccc(-c2ccnc(-c3[c-]ccc4c3oc3ccccc34)c2)cc1.CC(C)CC(=O)/C=C(\O)CC(C)C.[Ir]. The van der Waals surface area contributed by atoms with Crippen LogP contribution in [0.1, 0.15) is 72.4 Å². The van der Waals surface area contributed by atoms with E-state index in [-0.39, 0.29) is 37.1 Å². The first-order chi connectivity index (χ1) is 30.8. The van der Waals surface area contributed by atoms with E-state index < -0.39 is 0 Å². The van der Waals surface area contributed by atoms with Crippen LogP contribution >= 0.6 is 0 Å². The molecule has 65 heavy (non-hydrogen) atoms. The Balaban J connectivity index is 0.000000173. The molecule has 0 fully saturated rings. The summed E-state index contributed by atoms with van der Waals surface area (Å²) in [6.07, 6.45) is 8.86. The fraction of sp³-hybridized carbons (Fsp3) is 0.224. The zero-order valence-corrected chi connectivity index (χ0v) is 40.6. The van der Waals surface area contributed by atoms with Crippen molar-refractivity contribution in [3.8, 4) is 33.6 Å². The maximum absolute atomic E-state index is 11.2. The molecule has 333 valence electrons. The largest absolute Gasteiger partial charge is 0.512 e. The number of rotatable bonds is 10. The van der Waals surface area contributed by atoms with E-state index in [4.69, 9.17) is 8.83 Å². The quantitative estimate of drug-likeness (QED) is 0.0635. The third-order valence-corrected chi connectivity index (χ3v) is 10.8. The molecule has 1 radical (unpaired) electrons. The van der Waals surface area contributed by atoms with Crippen molar-refractivity contribution in [2.24, 2.45) is 11.8 Å². The van der Waals surface area contributed by atoms with Crippen LogP contribution in [-0.2, 0) is 36.7 Å². The van der Waals surface area contributed by atoms with Crippen LogP contribution in [0.15, 0.2) is 167 Å². The number of benzene rings is 5. The van der Waals surface area contributed by atoms with Gasteiger partial charge in [-0.1, -0.05) is 149 Å². The van der Waals surface area contributed by atoms with Gasteiger partial charge >= 0.3 is 0 Å². The fourth-order valence-electron chi connectivity index (χ4n) is 7.70. The summed E-state index contributed by atoms with van der Waals surface area (Å²) >= 11 is 0. The minimum absolute atomic E-state index is 0. The Morgan fingerprint density at radius 1 is 0.677 bits per heavy atom. The molecule has 0 saturated heterocycles. The van der Waals surface area contributed by atoms with Gasteiger partial charge in [-0.25, -0.2) is 0 Å². The van der Waals surface area contributed by atoms with E-state index in [1.54, 1.807) is 0 Å². The van der Waals surface area contributed by atoms with E-state index in [1.807, 2.05) is 113 Å². The number of nitrogens with zero attached hydrogens (tertiary/aromatic N) is 2. The summed E-state index contributed by atoms with van der Waals surface area (Å²) in [5.74, 6) is 0.979. The number of hydrogen-bond acceptors (Lipinski definition) is 6. The number of aliphatic hydroxyl groups is 1. The van der Waals surface area contributed by atoms with E-state index in [2.05, 4.69) is 104 Å². The Kier molecular flexibility index (Phi) is 15.9.